The van der Waals surface area contributed by atoms with Gasteiger partial charge in [0.15, 0.2) is 16.7 Å². The molecule has 3 aromatic rings. The minimum Gasteiger partial charge on any atom is -0.481 e. The Balaban J connectivity index is 1.40. The summed E-state index contributed by atoms with van der Waals surface area (Å²) >= 11 is 4.82. The van der Waals surface area contributed by atoms with E-state index in [4.69, 9.17) is 4.74 Å². The summed E-state index contributed by atoms with van der Waals surface area (Å²) in [5, 5.41) is 11.4. The summed E-state index contributed by atoms with van der Waals surface area (Å²) < 4.78 is 35.7. The van der Waals surface area contributed by atoms with Crippen LogP contribution in [0.3, 0.4) is 0 Å². The van der Waals surface area contributed by atoms with Gasteiger partial charge in [-0.05, 0) is 52.7 Å². The minimum atomic E-state index is -0.873. The number of nitrogens with one attached hydrogen (secondary N) is 2. The van der Waals surface area contributed by atoms with E-state index in [1.807, 2.05) is 10.7 Å². The number of amides is 1. The van der Waals surface area contributed by atoms with Gasteiger partial charge in [0, 0.05) is 18.5 Å². The fourth-order valence-electron chi connectivity index (χ4n) is 4.17. The van der Waals surface area contributed by atoms with E-state index >= 15 is 0 Å². The summed E-state index contributed by atoms with van der Waals surface area (Å²) in [6.07, 6.45) is 2.45. The molecule has 2 atom stereocenters. The lowest BCUT2D eigenvalue weighted by atomic mass is 9.86. The van der Waals surface area contributed by atoms with Crippen LogP contribution >= 0.6 is 27.3 Å². The highest BCUT2D eigenvalue weighted by Crippen LogP contribution is 2.42. The van der Waals surface area contributed by atoms with Gasteiger partial charge >= 0.3 is 0 Å². The van der Waals surface area contributed by atoms with Crippen LogP contribution in [0, 0.1) is 11.6 Å². The zero-order valence-corrected chi connectivity index (χ0v) is 18.7. The van der Waals surface area contributed by atoms with Gasteiger partial charge in [0.1, 0.15) is 6.61 Å². The van der Waals surface area contributed by atoms with Crippen molar-refractivity contribution < 1.29 is 18.3 Å². The fraction of sp³-hybridized carbons (Fsp3) is 0.333. The number of carbonyl (C=O) groups excluding carboxylic acids is 1. The summed E-state index contributed by atoms with van der Waals surface area (Å²) in [7, 11) is 0. The molecule has 0 unspecified atom stereocenters. The van der Waals surface area contributed by atoms with Crippen molar-refractivity contribution in [1.29, 1.82) is 0 Å². The van der Waals surface area contributed by atoms with Crippen LogP contribution < -0.4 is 15.4 Å². The van der Waals surface area contributed by atoms with Gasteiger partial charge in [-0.25, -0.2) is 8.78 Å². The topological polar surface area (TPSA) is 68.2 Å². The second-order valence-corrected chi connectivity index (χ2v) is 9.45. The summed E-state index contributed by atoms with van der Waals surface area (Å²) in [5.74, 6) is -2.07. The molecule has 0 aliphatic carbocycles. The lowest BCUT2D eigenvalue weighted by Crippen LogP contribution is -2.49. The van der Waals surface area contributed by atoms with Crippen molar-refractivity contribution in [3.63, 3.8) is 0 Å². The van der Waals surface area contributed by atoms with E-state index in [9.17, 15) is 13.6 Å². The van der Waals surface area contributed by atoms with Crippen LogP contribution in [0.25, 0.3) is 11.3 Å². The van der Waals surface area contributed by atoms with E-state index in [-0.39, 0.29) is 17.9 Å². The standard InChI is InChI=1S/C21H19BrF2N4O2S/c22-14-9-26-28-5-6-30-21-13(19(14)28)8-18(31-21)20(29)27-17-10-25-4-3-12(17)11-1-2-15(23)16(24)7-11/h1-2,7-9,12,17,25H,3-6,10H2,(H,27,29)/t12-,17+/m0/s1. The first-order valence-corrected chi connectivity index (χ1v) is 11.6. The molecule has 4 heterocycles. The van der Waals surface area contributed by atoms with Crippen LogP contribution in [0.15, 0.2) is 34.9 Å². The van der Waals surface area contributed by atoms with E-state index in [1.165, 1.54) is 17.4 Å². The van der Waals surface area contributed by atoms with Crippen molar-refractivity contribution >= 4 is 33.2 Å². The second kappa shape index (κ2) is 8.33. The van der Waals surface area contributed by atoms with E-state index < -0.39 is 11.6 Å². The maximum absolute atomic E-state index is 13.8. The van der Waals surface area contributed by atoms with Crippen LogP contribution in [-0.2, 0) is 6.54 Å². The van der Waals surface area contributed by atoms with E-state index in [0.717, 1.165) is 28.3 Å². The fourth-order valence-corrected chi connectivity index (χ4v) is 5.62. The molecule has 1 aromatic carbocycles. The smallest absolute Gasteiger partial charge is 0.261 e. The van der Waals surface area contributed by atoms with E-state index in [2.05, 4.69) is 31.7 Å². The Morgan fingerprint density at radius 3 is 3.03 bits per heavy atom. The maximum atomic E-state index is 13.8. The molecule has 0 saturated carbocycles. The molecule has 0 bridgehead atoms. The molecule has 2 aromatic heterocycles. The van der Waals surface area contributed by atoms with Gasteiger partial charge < -0.3 is 15.4 Å². The molecule has 0 radical (unpaired) electrons. The summed E-state index contributed by atoms with van der Waals surface area (Å²) in [6, 6.07) is 5.53. The van der Waals surface area contributed by atoms with Gasteiger partial charge in [-0.3, -0.25) is 9.48 Å². The molecule has 1 fully saturated rings. The number of aromatic nitrogens is 2. The van der Waals surface area contributed by atoms with Crippen molar-refractivity contribution in [3.05, 3.63) is 57.0 Å². The largest absolute Gasteiger partial charge is 0.481 e. The average Bonchev–Trinajstić information content (AvgIpc) is 3.29. The predicted molar refractivity (Wildman–Crippen MR) is 117 cm³/mol. The second-order valence-electron chi connectivity index (χ2n) is 7.58. The molecular formula is C21H19BrF2N4O2S. The number of nitrogens with zero attached hydrogens (tertiary/aromatic N) is 2. The zero-order chi connectivity index (χ0) is 21.5. The Hall–Kier alpha value is -2.30. The Morgan fingerprint density at radius 2 is 2.19 bits per heavy atom. The van der Waals surface area contributed by atoms with Crippen molar-refractivity contribution in [2.45, 2.75) is 24.9 Å². The number of benzene rings is 1. The highest BCUT2D eigenvalue weighted by molar-refractivity contribution is 9.10. The van der Waals surface area contributed by atoms with Crippen molar-refractivity contribution in [2.75, 3.05) is 19.7 Å². The Morgan fingerprint density at radius 1 is 1.32 bits per heavy atom. The molecule has 0 spiro atoms. The van der Waals surface area contributed by atoms with Gasteiger partial charge in [0.2, 0.25) is 0 Å². The first-order chi connectivity index (χ1) is 15.0. The molecule has 2 aliphatic rings. The van der Waals surface area contributed by atoms with Crippen LogP contribution in [0.5, 0.6) is 5.06 Å². The number of piperidine rings is 1. The molecule has 162 valence electrons. The minimum absolute atomic E-state index is 0.107. The number of rotatable bonds is 3. The van der Waals surface area contributed by atoms with Gasteiger partial charge in [-0.15, -0.1) is 0 Å². The normalized spacial score (nSPS) is 20.4. The number of hydrogen-bond donors (Lipinski definition) is 2. The third-order valence-corrected chi connectivity index (χ3v) is 7.30. The molecule has 2 aliphatic heterocycles. The van der Waals surface area contributed by atoms with E-state index in [0.29, 0.717) is 41.6 Å². The molecule has 2 N–H and O–H groups in total. The van der Waals surface area contributed by atoms with Crippen LogP contribution in [0.2, 0.25) is 0 Å². The Labute approximate surface area is 189 Å². The number of hydrogen-bond acceptors (Lipinski definition) is 5. The quantitative estimate of drug-likeness (QED) is 0.562. The molecular weight excluding hydrogens is 490 g/mol. The number of carbonyl (C=O) groups is 1. The molecule has 6 nitrogen and oxygen atoms in total. The van der Waals surface area contributed by atoms with Crippen molar-refractivity contribution in [1.82, 2.24) is 20.4 Å². The predicted octanol–water partition coefficient (Wildman–Crippen LogP) is 3.92. The van der Waals surface area contributed by atoms with Crippen molar-refractivity contribution in [3.8, 4) is 16.3 Å². The highest BCUT2D eigenvalue weighted by atomic mass is 79.9. The zero-order valence-electron chi connectivity index (χ0n) is 16.3. The van der Waals surface area contributed by atoms with Crippen LogP contribution in [0.1, 0.15) is 27.6 Å². The molecule has 31 heavy (non-hydrogen) atoms. The Bertz CT molecular complexity index is 1150. The van der Waals surface area contributed by atoms with Crippen LogP contribution in [0.4, 0.5) is 8.78 Å². The summed E-state index contributed by atoms with van der Waals surface area (Å²) in [4.78, 5) is 13.6. The SMILES string of the molecule is O=C(N[C@@H]1CNCC[C@H]1c1ccc(F)c(F)c1)c1cc2c(s1)OCCn1ncc(Br)c1-2. The number of thiophene rings is 1. The van der Waals surface area contributed by atoms with Gasteiger partial charge in [-0.1, -0.05) is 17.4 Å². The lowest BCUT2D eigenvalue weighted by Gasteiger charge is -2.33. The van der Waals surface area contributed by atoms with Gasteiger partial charge in [-0.2, -0.15) is 5.10 Å². The first-order valence-electron chi connectivity index (χ1n) is 9.96. The highest BCUT2D eigenvalue weighted by Gasteiger charge is 2.30. The average molecular weight is 509 g/mol. The first kappa shape index (κ1) is 20.6. The molecule has 10 heteroatoms. The maximum Gasteiger partial charge on any atom is 0.261 e. The lowest BCUT2D eigenvalue weighted by molar-refractivity contribution is 0.0928. The number of halogens is 3. The summed E-state index contributed by atoms with van der Waals surface area (Å²) in [5.41, 5.74) is 2.40. The number of fused-ring (bicyclic) bond motifs is 3. The third-order valence-electron chi connectivity index (χ3n) is 5.68. The van der Waals surface area contributed by atoms with E-state index in [1.54, 1.807) is 12.3 Å². The van der Waals surface area contributed by atoms with Gasteiger partial charge in [0.05, 0.1) is 33.3 Å². The molecule has 1 amide bonds. The van der Waals surface area contributed by atoms with Gasteiger partial charge in [0.25, 0.3) is 5.91 Å². The summed E-state index contributed by atoms with van der Waals surface area (Å²) in [6.45, 7) is 2.40. The monoisotopic (exact) mass is 508 g/mol. The van der Waals surface area contributed by atoms with Crippen LogP contribution in [-0.4, -0.2) is 41.4 Å². The third kappa shape index (κ3) is 3.88. The molecule has 5 rings (SSSR count). The Kier molecular flexibility index (Phi) is 5.53. The van der Waals surface area contributed by atoms with Crippen molar-refractivity contribution in [2.24, 2.45) is 0 Å². The molecule has 1 saturated heterocycles. The number of ether oxygens (including phenoxy) is 1.